The highest BCUT2D eigenvalue weighted by atomic mass is 127. The third-order valence-corrected chi connectivity index (χ3v) is 3.42. The number of thioether (sulfide) groups is 1. The van der Waals surface area contributed by atoms with Crippen LogP contribution in [-0.2, 0) is 0 Å². The average molecular weight is 297 g/mol. The van der Waals surface area contributed by atoms with E-state index in [2.05, 4.69) is 0 Å². The first-order chi connectivity index (χ1) is 4.91. The van der Waals surface area contributed by atoms with Gasteiger partial charge < -0.3 is 5.32 Å². The predicted molar refractivity (Wildman–Crippen MR) is 43.8 cm³/mol. The highest BCUT2D eigenvalue weighted by Crippen LogP contribution is 2.37. The topological polar surface area (TPSA) is 29.1 Å². The summed E-state index contributed by atoms with van der Waals surface area (Å²) in [6.45, 7) is 0. The SMILES string of the molecule is O=C1NC(C(F)(F)F)C(I)S1. The fraction of sp³-hybridized carbons (Fsp3) is 0.750. The number of alkyl halides is 4. The second-order valence-corrected chi connectivity index (χ2v) is 5.22. The van der Waals surface area contributed by atoms with Crippen LogP contribution in [0.25, 0.3) is 0 Å². The molecule has 1 saturated heterocycles. The van der Waals surface area contributed by atoms with E-state index < -0.39 is 20.7 Å². The zero-order valence-corrected chi connectivity index (χ0v) is 7.96. The molecule has 2 nitrogen and oxygen atoms in total. The predicted octanol–water partition coefficient (Wildman–Crippen LogP) is 2.13. The van der Waals surface area contributed by atoms with Crippen LogP contribution in [0.4, 0.5) is 18.0 Å². The smallest absolute Gasteiger partial charge is 0.334 e. The standard InChI is InChI=1S/C4H3F3INOS/c5-4(6,7)1-2(8)11-3(10)9-1/h1-2H,(H,9,10). The highest BCUT2D eigenvalue weighted by Gasteiger charge is 2.49. The lowest BCUT2D eigenvalue weighted by molar-refractivity contribution is -0.147. The van der Waals surface area contributed by atoms with E-state index in [1.165, 1.54) is 0 Å². The van der Waals surface area contributed by atoms with Crippen LogP contribution in [0.3, 0.4) is 0 Å². The molecule has 1 N–H and O–H groups in total. The van der Waals surface area contributed by atoms with Gasteiger partial charge in [-0.25, -0.2) is 0 Å². The van der Waals surface area contributed by atoms with E-state index in [-0.39, 0.29) is 0 Å². The minimum atomic E-state index is -4.33. The third kappa shape index (κ3) is 2.14. The monoisotopic (exact) mass is 297 g/mol. The number of hydrogen-bond acceptors (Lipinski definition) is 2. The summed E-state index contributed by atoms with van der Waals surface area (Å²) in [5.74, 6) is 0. The Labute approximate surface area is 78.4 Å². The maximum absolute atomic E-state index is 12.0. The molecule has 0 spiro atoms. The Kier molecular flexibility index (Phi) is 2.57. The van der Waals surface area contributed by atoms with Crippen molar-refractivity contribution in [2.45, 2.75) is 15.5 Å². The Morgan fingerprint density at radius 1 is 1.55 bits per heavy atom. The summed E-state index contributed by atoms with van der Waals surface area (Å²) in [6, 6.07) is -1.69. The Bertz CT molecular complexity index is 185. The molecule has 0 saturated carbocycles. The van der Waals surface area contributed by atoms with Gasteiger partial charge in [0.2, 0.25) is 0 Å². The van der Waals surface area contributed by atoms with Crippen LogP contribution in [0, 0.1) is 0 Å². The molecule has 1 aliphatic rings. The first-order valence-electron chi connectivity index (χ1n) is 2.59. The van der Waals surface area contributed by atoms with Gasteiger partial charge in [-0.2, -0.15) is 13.2 Å². The summed E-state index contributed by atoms with van der Waals surface area (Å²) in [4.78, 5) is 10.5. The fourth-order valence-corrected chi connectivity index (χ4v) is 2.67. The van der Waals surface area contributed by atoms with Crippen molar-refractivity contribution in [2.75, 3.05) is 0 Å². The van der Waals surface area contributed by atoms with Crippen molar-refractivity contribution in [3.05, 3.63) is 0 Å². The van der Waals surface area contributed by atoms with E-state index in [0.29, 0.717) is 11.8 Å². The highest BCUT2D eigenvalue weighted by molar-refractivity contribution is 14.1. The van der Waals surface area contributed by atoms with Crippen LogP contribution in [0.1, 0.15) is 0 Å². The van der Waals surface area contributed by atoms with Gasteiger partial charge in [-0.15, -0.1) is 0 Å². The zero-order chi connectivity index (χ0) is 8.65. The molecule has 0 radical (unpaired) electrons. The number of nitrogens with one attached hydrogen (secondary N) is 1. The summed E-state index contributed by atoms with van der Waals surface area (Å²) in [5.41, 5.74) is 0. The summed E-state index contributed by atoms with van der Waals surface area (Å²) >= 11 is 2.27. The lowest BCUT2D eigenvalue weighted by atomic mass is 10.3. The Morgan fingerprint density at radius 3 is 2.27 bits per heavy atom. The van der Waals surface area contributed by atoms with E-state index in [4.69, 9.17) is 0 Å². The molecule has 1 rings (SSSR count). The third-order valence-electron chi connectivity index (χ3n) is 1.11. The lowest BCUT2D eigenvalue weighted by Crippen LogP contribution is -2.42. The Hall–Kier alpha value is 0.340. The fourth-order valence-electron chi connectivity index (χ4n) is 0.627. The largest absolute Gasteiger partial charge is 0.410 e. The lowest BCUT2D eigenvalue weighted by Gasteiger charge is -2.15. The minimum absolute atomic E-state index is 0.605. The Balaban J connectivity index is 2.67. The Morgan fingerprint density at radius 2 is 2.09 bits per heavy atom. The van der Waals surface area contributed by atoms with Crippen molar-refractivity contribution in [1.82, 2.24) is 5.32 Å². The molecule has 2 atom stereocenters. The second-order valence-electron chi connectivity index (χ2n) is 1.92. The zero-order valence-electron chi connectivity index (χ0n) is 4.98. The van der Waals surface area contributed by atoms with E-state index in [0.717, 1.165) is 0 Å². The number of amides is 1. The number of halogens is 4. The summed E-state index contributed by atoms with van der Waals surface area (Å²) in [5, 5.41) is 1.23. The molecular weight excluding hydrogens is 294 g/mol. The van der Waals surface area contributed by atoms with Crippen molar-refractivity contribution >= 4 is 39.6 Å². The molecule has 11 heavy (non-hydrogen) atoms. The van der Waals surface area contributed by atoms with Gasteiger partial charge in [0.15, 0.2) is 0 Å². The molecule has 0 aromatic carbocycles. The van der Waals surface area contributed by atoms with Crippen molar-refractivity contribution in [3.63, 3.8) is 0 Å². The molecule has 0 aromatic heterocycles. The maximum Gasteiger partial charge on any atom is 0.410 e. The summed E-state index contributed by atoms with van der Waals surface area (Å²) in [6.07, 6.45) is -4.33. The molecule has 1 aliphatic heterocycles. The average Bonchev–Trinajstić information content (AvgIpc) is 2.08. The molecule has 0 bridgehead atoms. The molecule has 1 heterocycles. The number of carbonyl (C=O) groups excluding carboxylic acids is 1. The minimum Gasteiger partial charge on any atom is -0.334 e. The van der Waals surface area contributed by atoms with Gasteiger partial charge in [-0.05, 0) is 11.8 Å². The van der Waals surface area contributed by atoms with Crippen molar-refractivity contribution in [3.8, 4) is 0 Å². The van der Waals surface area contributed by atoms with Crippen LogP contribution in [-0.4, -0.2) is 20.7 Å². The van der Waals surface area contributed by atoms with Gasteiger partial charge in [0, 0.05) is 0 Å². The number of carbonyl (C=O) groups is 1. The van der Waals surface area contributed by atoms with Crippen LogP contribution in [0.5, 0.6) is 0 Å². The van der Waals surface area contributed by atoms with E-state index >= 15 is 0 Å². The molecule has 0 aliphatic carbocycles. The van der Waals surface area contributed by atoms with Crippen LogP contribution < -0.4 is 5.32 Å². The number of hydrogen-bond donors (Lipinski definition) is 1. The first kappa shape index (κ1) is 9.43. The van der Waals surface area contributed by atoms with Gasteiger partial charge in [0.05, 0.1) is 3.26 Å². The molecule has 0 aromatic rings. The van der Waals surface area contributed by atoms with Crippen molar-refractivity contribution in [1.29, 1.82) is 0 Å². The van der Waals surface area contributed by atoms with Crippen molar-refractivity contribution in [2.24, 2.45) is 0 Å². The summed E-state index contributed by atoms with van der Waals surface area (Å²) in [7, 11) is 0. The molecule has 7 heteroatoms. The van der Waals surface area contributed by atoms with Gasteiger partial charge >= 0.3 is 6.18 Å². The van der Waals surface area contributed by atoms with E-state index in [9.17, 15) is 18.0 Å². The normalized spacial score (nSPS) is 32.2. The molecule has 1 amide bonds. The van der Waals surface area contributed by atoms with Gasteiger partial charge in [-0.3, -0.25) is 4.79 Å². The maximum atomic E-state index is 12.0. The molecule has 2 unspecified atom stereocenters. The van der Waals surface area contributed by atoms with Crippen molar-refractivity contribution < 1.29 is 18.0 Å². The van der Waals surface area contributed by atoms with Gasteiger partial charge in [0.25, 0.3) is 5.24 Å². The van der Waals surface area contributed by atoms with Crippen LogP contribution >= 0.6 is 34.4 Å². The van der Waals surface area contributed by atoms with Crippen LogP contribution in [0.2, 0.25) is 0 Å². The van der Waals surface area contributed by atoms with Gasteiger partial charge in [0.1, 0.15) is 6.04 Å². The molecule has 64 valence electrons. The van der Waals surface area contributed by atoms with E-state index in [1.54, 1.807) is 22.6 Å². The van der Waals surface area contributed by atoms with Gasteiger partial charge in [-0.1, -0.05) is 22.6 Å². The molecule has 1 fully saturated rings. The summed E-state index contributed by atoms with van der Waals surface area (Å²) < 4.78 is 35.1. The van der Waals surface area contributed by atoms with E-state index in [1.807, 2.05) is 5.32 Å². The first-order valence-corrected chi connectivity index (χ1v) is 4.72. The molecular formula is C4H3F3INOS. The quantitative estimate of drug-likeness (QED) is 0.548. The van der Waals surface area contributed by atoms with Crippen LogP contribution in [0.15, 0.2) is 0 Å². The second kappa shape index (κ2) is 3.00. The number of rotatable bonds is 0.